The van der Waals surface area contributed by atoms with E-state index in [0.29, 0.717) is 6.42 Å². The van der Waals surface area contributed by atoms with E-state index in [0.717, 1.165) is 57.3 Å². The molecule has 0 amide bonds. The van der Waals surface area contributed by atoms with Gasteiger partial charge in [0.05, 0.1) is 17.4 Å². The number of fused-ring (bicyclic) bond motifs is 2. The highest BCUT2D eigenvalue weighted by molar-refractivity contribution is 6.01. The summed E-state index contributed by atoms with van der Waals surface area (Å²) >= 11 is 0. The van der Waals surface area contributed by atoms with Crippen molar-refractivity contribution >= 4 is 17.2 Å². The Bertz CT molecular complexity index is 1530. The van der Waals surface area contributed by atoms with E-state index >= 15 is 0 Å². The molecule has 0 fully saturated rings. The molecule has 0 spiro atoms. The molecule has 2 N–H and O–H groups in total. The van der Waals surface area contributed by atoms with Gasteiger partial charge in [-0.1, -0.05) is 72.8 Å². The smallest absolute Gasteiger partial charge is 0.231 e. The highest BCUT2D eigenvalue weighted by Gasteiger charge is 2.36. The van der Waals surface area contributed by atoms with Crippen molar-refractivity contribution in [3.8, 4) is 22.6 Å². The molecule has 2 heterocycles. The minimum atomic E-state index is -0.235. The molecule has 5 nitrogen and oxygen atoms in total. The zero-order chi connectivity index (χ0) is 24.8. The quantitative estimate of drug-likeness (QED) is 0.325. The van der Waals surface area contributed by atoms with Crippen LogP contribution >= 0.6 is 0 Å². The third-order valence-electron chi connectivity index (χ3n) is 7.53. The van der Waals surface area contributed by atoms with Crippen LogP contribution in [0.3, 0.4) is 0 Å². The predicted octanol–water partition coefficient (Wildman–Crippen LogP) is 7.06. The van der Waals surface area contributed by atoms with Crippen molar-refractivity contribution in [2.24, 2.45) is 0 Å². The van der Waals surface area contributed by atoms with Crippen molar-refractivity contribution in [2.75, 3.05) is 17.4 Å². The van der Waals surface area contributed by atoms with E-state index < -0.39 is 0 Å². The largest absolute Gasteiger partial charge is 0.454 e. The lowest BCUT2D eigenvalue weighted by Crippen LogP contribution is -2.26. The van der Waals surface area contributed by atoms with Crippen LogP contribution in [0.1, 0.15) is 35.9 Å². The van der Waals surface area contributed by atoms with E-state index in [2.05, 4.69) is 65.2 Å². The molecule has 7 rings (SSSR count). The van der Waals surface area contributed by atoms with Crippen molar-refractivity contribution in [3.63, 3.8) is 0 Å². The van der Waals surface area contributed by atoms with Gasteiger partial charge in [0.1, 0.15) is 0 Å². The van der Waals surface area contributed by atoms with E-state index in [1.54, 1.807) is 0 Å². The van der Waals surface area contributed by atoms with E-state index in [1.165, 1.54) is 5.56 Å². The Morgan fingerprint density at radius 3 is 2.22 bits per heavy atom. The van der Waals surface area contributed by atoms with Crippen LogP contribution < -0.4 is 20.1 Å². The maximum atomic E-state index is 13.8. The number of hydrogen-bond donors (Lipinski definition) is 2. The summed E-state index contributed by atoms with van der Waals surface area (Å²) in [6.07, 6.45) is 1.20. The van der Waals surface area contributed by atoms with Crippen LogP contribution in [-0.2, 0) is 4.79 Å². The van der Waals surface area contributed by atoms with Crippen LogP contribution in [0.5, 0.6) is 11.5 Å². The Hall–Kier alpha value is -4.51. The Labute approximate surface area is 215 Å². The summed E-state index contributed by atoms with van der Waals surface area (Å²) in [5.74, 6) is 1.74. The van der Waals surface area contributed by atoms with E-state index in [4.69, 9.17) is 9.47 Å². The lowest BCUT2D eigenvalue weighted by Gasteiger charge is -2.30. The first-order valence-corrected chi connectivity index (χ1v) is 12.7. The van der Waals surface area contributed by atoms with Crippen molar-refractivity contribution in [3.05, 3.63) is 119 Å². The Morgan fingerprint density at radius 2 is 1.38 bits per heavy atom. The average Bonchev–Trinajstić information content (AvgIpc) is 3.34. The molecule has 182 valence electrons. The van der Waals surface area contributed by atoms with Gasteiger partial charge in [-0.3, -0.25) is 4.79 Å². The first-order valence-electron chi connectivity index (χ1n) is 12.7. The van der Waals surface area contributed by atoms with Gasteiger partial charge < -0.3 is 20.1 Å². The minimum Gasteiger partial charge on any atom is -0.454 e. The summed E-state index contributed by atoms with van der Waals surface area (Å²) < 4.78 is 11.1. The maximum absolute atomic E-state index is 13.8. The average molecular weight is 487 g/mol. The van der Waals surface area contributed by atoms with Crippen LogP contribution in [0.15, 0.2) is 108 Å². The number of hydrogen-bond acceptors (Lipinski definition) is 5. The normalized spacial score (nSPS) is 19.8. The van der Waals surface area contributed by atoms with Crippen LogP contribution in [0, 0.1) is 0 Å². The summed E-state index contributed by atoms with van der Waals surface area (Å²) in [5.41, 5.74) is 8.27. The Balaban J connectivity index is 1.27. The number of benzene rings is 4. The molecule has 37 heavy (non-hydrogen) atoms. The summed E-state index contributed by atoms with van der Waals surface area (Å²) in [7, 11) is 0. The number of carbonyl (C=O) groups excluding carboxylic acids is 1. The third-order valence-corrected chi connectivity index (χ3v) is 7.53. The number of para-hydroxylation sites is 2. The fourth-order valence-electron chi connectivity index (χ4n) is 5.64. The second-order valence-corrected chi connectivity index (χ2v) is 9.77. The lowest BCUT2D eigenvalue weighted by molar-refractivity contribution is -0.116. The predicted molar refractivity (Wildman–Crippen MR) is 145 cm³/mol. The minimum absolute atomic E-state index is 0.0691. The van der Waals surface area contributed by atoms with Gasteiger partial charge in [0.25, 0.3) is 0 Å². The van der Waals surface area contributed by atoms with Crippen molar-refractivity contribution in [2.45, 2.75) is 24.8 Å². The van der Waals surface area contributed by atoms with Gasteiger partial charge in [-0.25, -0.2) is 0 Å². The fourth-order valence-corrected chi connectivity index (χ4v) is 5.64. The molecular formula is C32H26N2O3. The molecule has 2 aliphatic heterocycles. The van der Waals surface area contributed by atoms with E-state index in [-0.39, 0.29) is 24.5 Å². The number of ether oxygens (including phenoxy) is 2. The molecule has 0 saturated carbocycles. The summed E-state index contributed by atoms with van der Waals surface area (Å²) in [5, 5.41) is 7.30. The zero-order valence-corrected chi connectivity index (χ0v) is 20.2. The van der Waals surface area contributed by atoms with Crippen molar-refractivity contribution < 1.29 is 14.3 Å². The highest BCUT2D eigenvalue weighted by atomic mass is 16.7. The molecular weight excluding hydrogens is 460 g/mol. The number of carbonyl (C=O) groups is 1. The Kier molecular flexibility index (Phi) is 5.21. The third kappa shape index (κ3) is 3.93. The molecule has 0 bridgehead atoms. The van der Waals surface area contributed by atoms with Gasteiger partial charge in [0.15, 0.2) is 17.3 Å². The van der Waals surface area contributed by atoms with Gasteiger partial charge >= 0.3 is 0 Å². The fraction of sp³-hybridized carbons (Fsp3) is 0.156. The maximum Gasteiger partial charge on any atom is 0.231 e. The number of Topliss-reactive ketones (excluding diaryl/α,β-unsaturated/α-hetero) is 1. The zero-order valence-electron chi connectivity index (χ0n) is 20.2. The molecule has 4 aromatic rings. The molecule has 4 aromatic carbocycles. The summed E-state index contributed by atoms with van der Waals surface area (Å²) in [6, 6.07) is 32.8. The van der Waals surface area contributed by atoms with Gasteiger partial charge in [0, 0.05) is 17.7 Å². The number of anilines is 2. The molecule has 2 unspecified atom stereocenters. The number of ketones is 1. The topological polar surface area (TPSA) is 59.6 Å². The van der Waals surface area contributed by atoms with Gasteiger partial charge in [-0.05, 0) is 58.9 Å². The Morgan fingerprint density at radius 1 is 0.676 bits per heavy atom. The molecule has 5 heteroatoms. The van der Waals surface area contributed by atoms with E-state index in [9.17, 15) is 4.79 Å². The first-order chi connectivity index (χ1) is 18.2. The molecule has 3 aliphatic rings. The van der Waals surface area contributed by atoms with Crippen LogP contribution in [0.25, 0.3) is 11.1 Å². The van der Waals surface area contributed by atoms with Crippen LogP contribution in [-0.4, -0.2) is 12.6 Å². The first kappa shape index (κ1) is 21.7. The number of nitrogens with one attached hydrogen (secondary N) is 2. The SMILES string of the molecule is O=C1CC(c2ccc3c(c2)OCO3)CC2=C1C(c1ccc(-c3ccccc3)cc1)Nc1ccccc1N2. The highest BCUT2D eigenvalue weighted by Crippen LogP contribution is 2.45. The second kappa shape index (κ2) is 8.86. The number of rotatable bonds is 3. The lowest BCUT2D eigenvalue weighted by atomic mass is 9.78. The van der Waals surface area contributed by atoms with Crippen LogP contribution in [0.2, 0.25) is 0 Å². The van der Waals surface area contributed by atoms with E-state index in [1.807, 2.05) is 42.5 Å². The molecule has 2 atom stereocenters. The van der Waals surface area contributed by atoms with Crippen molar-refractivity contribution in [1.29, 1.82) is 0 Å². The van der Waals surface area contributed by atoms with Gasteiger partial charge in [-0.15, -0.1) is 0 Å². The number of allylic oxidation sites excluding steroid dienone is 1. The molecule has 0 aromatic heterocycles. The van der Waals surface area contributed by atoms with Gasteiger partial charge in [0.2, 0.25) is 6.79 Å². The molecule has 1 aliphatic carbocycles. The van der Waals surface area contributed by atoms with Gasteiger partial charge in [-0.2, -0.15) is 0 Å². The second-order valence-electron chi connectivity index (χ2n) is 9.77. The van der Waals surface area contributed by atoms with Crippen LogP contribution in [0.4, 0.5) is 11.4 Å². The van der Waals surface area contributed by atoms with Crippen molar-refractivity contribution in [1.82, 2.24) is 0 Å². The monoisotopic (exact) mass is 486 g/mol. The summed E-state index contributed by atoms with van der Waals surface area (Å²) in [6.45, 7) is 0.242. The standard InChI is InChI=1S/C32H26N2O3/c35-28-17-24(23-14-15-29-30(18-23)37-19-36-29)16-27-31(28)32(34-26-9-5-4-8-25(26)33-27)22-12-10-21(11-13-22)20-6-2-1-3-7-20/h1-15,18,24,32-34H,16-17,19H2. The molecule has 0 radical (unpaired) electrons. The molecule has 0 saturated heterocycles. The summed E-state index contributed by atoms with van der Waals surface area (Å²) in [4.78, 5) is 13.8.